The van der Waals surface area contributed by atoms with Gasteiger partial charge in [-0.3, -0.25) is 9.36 Å². The Hall–Kier alpha value is -2.22. The van der Waals surface area contributed by atoms with Crippen LogP contribution in [0.3, 0.4) is 0 Å². The zero-order valence-corrected chi connectivity index (χ0v) is 15.9. The number of Topliss-reactive ketones (excluding diaryl/α,β-unsaturated/α-hetero) is 1. The van der Waals surface area contributed by atoms with Crippen LogP contribution in [-0.4, -0.2) is 52.6 Å². The summed E-state index contributed by atoms with van der Waals surface area (Å²) >= 11 is 1.48. The van der Waals surface area contributed by atoms with Crippen LogP contribution in [0.25, 0.3) is 0 Å². The molecule has 1 saturated carbocycles. The summed E-state index contributed by atoms with van der Waals surface area (Å²) in [6.45, 7) is 3.16. The number of nitrogens with zero attached hydrogens (tertiary/aromatic N) is 4. The van der Waals surface area contributed by atoms with Crippen LogP contribution in [0.4, 0.5) is 5.95 Å². The zero-order valence-electron chi connectivity index (χ0n) is 15.1. The molecule has 1 aromatic carbocycles. The topological polar surface area (TPSA) is 69.5 Å². The average Bonchev–Trinajstić information content (AvgIpc) is 3.23. The first-order chi connectivity index (χ1) is 13.3. The molecule has 0 atom stereocenters. The van der Waals surface area contributed by atoms with E-state index >= 15 is 0 Å². The smallest absolute Gasteiger partial charge is 0.228 e. The number of ketones is 1. The van der Waals surface area contributed by atoms with E-state index in [0.29, 0.717) is 42.1 Å². The molecule has 0 unspecified atom stereocenters. The molecule has 8 heteroatoms. The third kappa shape index (κ3) is 3.38. The summed E-state index contributed by atoms with van der Waals surface area (Å²) in [6, 6.07) is 5.88. The van der Waals surface area contributed by atoms with Gasteiger partial charge in [0.25, 0.3) is 0 Å². The molecule has 0 spiro atoms. The maximum atomic E-state index is 12.7. The van der Waals surface area contributed by atoms with E-state index < -0.39 is 0 Å². The van der Waals surface area contributed by atoms with E-state index in [0.717, 1.165) is 24.2 Å². The molecule has 0 bridgehead atoms. The highest BCUT2D eigenvalue weighted by Crippen LogP contribution is 2.41. The molecule has 0 N–H and O–H groups in total. The van der Waals surface area contributed by atoms with Gasteiger partial charge >= 0.3 is 0 Å². The predicted octanol–water partition coefficient (Wildman–Crippen LogP) is 2.96. The van der Waals surface area contributed by atoms with E-state index in [4.69, 9.17) is 9.47 Å². The lowest BCUT2D eigenvalue weighted by Gasteiger charge is -2.18. The molecule has 0 radical (unpaired) electrons. The number of thioether (sulfide) groups is 1. The summed E-state index contributed by atoms with van der Waals surface area (Å²) in [4.78, 5) is 15.0. The van der Waals surface area contributed by atoms with Crippen molar-refractivity contribution >= 4 is 23.5 Å². The van der Waals surface area contributed by atoms with Crippen LogP contribution < -0.4 is 14.4 Å². The fourth-order valence-corrected chi connectivity index (χ4v) is 4.48. The van der Waals surface area contributed by atoms with Crippen molar-refractivity contribution < 1.29 is 14.3 Å². The van der Waals surface area contributed by atoms with Gasteiger partial charge < -0.3 is 14.4 Å². The maximum Gasteiger partial charge on any atom is 0.228 e. The molecule has 3 aliphatic rings. The second-order valence-electron chi connectivity index (χ2n) is 7.15. The number of ether oxygens (including phenoxy) is 2. The average molecular weight is 386 g/mol. The van der Waals surface area contributed by atoms with Gasteiger partial charge in [-0.15, -0.1) is 10.2 Å². The van der Waals surface area contributed by atoms with Crippen molar-refractivity contribution in [3.05, 3.63) is 23.8 Å². The van der Waals surface area contributed by atoms with Crippen LogP contribution in [0.2, 0.25) is 0 Å². The van der Waals surface area contributed by atoms with Gasteiger partial charge in [0.2, 0.25) is 5.95 Å². The highest BCUT2D eigenvalue weighted by molar-refractivity contribution is 7.99. The lowest BCUT2D eigenvalue weighted by Crippen LogP contribution is -2.22. The minimum absolute atomic E-state index is 0.0602. The quantitative estimate of drug-likeness (QED) is 0.558. The van der Waals surface area contributed by atoms with Gasteiger partial charge in [-0.25, -0.2) is 0 Å². The van der Waals surface area contributed by atoms with Gasteiger partial charge in [-0.2, -0.15) is 0 Å². The van der Waals surface area contributed by atoms with Crippen molar-refractivity contribution in [2.45, 2.75) is 36.9 Å². The molecule has 1 aliphatic carbocycles. The van der Waals surface area contributed by atoms with Crippen LogP contribution in [0, 0.1) is 0 Å². The molecule has 3 heterocycles. The summed E-state index contributed by atoms with van der Waals surface area (Å²) in [5.41, 5.74) is 0.643. The Kier molecular flexibility index (Phi) is 4.43. The number of rotatable bonds is 6. The summed E-state index contributed by atoms with van der Waals surface area (Å²) < 4.78 is 13.3. The molecule has 1 saturated heterocycles. The summed E-state index contributed by atoms with van der Waals surface area (Å²) in [6.07, 6.45) is 4.76. The molecule has 142 valence electrons. The fourth-order valence-electron chi connectivity index (χ4n) is 3.58. The third-order valence-corrected chi connectivity index (χ3v) is 6.09. The summed E-state index contributed by atoms with van der Waals surface area (Å²) in [7, 11) is 0. The molecular formula is C19H22N4O3S. The van der Waals surface area contributed by atoms with E-state index in [1.54, 1.807) is 12.1 Å². The largest absolute Gasteiger partial charge is 0.486 e. The minimum atomic E-state index is 0.0602. The molecule has 27 heavy (non-hydrogen) atoms. The Bertz CT molecular complexity index is 859. The van der Waals surface area contributed by atoms with Gasteiger partial charge in [0.05, 0.1) is 5.75 Å². The van der Waals surface area contributed by atoms with Crippen molar-refractivity contribution in [2.75, 3.05) is 37.0 Å². The molecule has 5 rings (SSSR count). The number of fused-ring (bicyclic) bond motifs is 1. The number of aromatic nitrogens is 3. The van der Waals surface area contributed by atoms with Crippen molar-refractivity contribution in [2.24, 2.45) is 0 Å². The minimum Gasteiger partial charge on any atom is -0.486 e. The molecule has 0 amide bonds. The SMILES string of the molecule is O=C(CSc1nnc(N2CCCC2)n1C1CC1)c1ccc2c(c1)OCCO2. The zero-order chi connectivity index (χ0) is 18.2. The van der Waals surface area contributed by atoms with Gasteiger partial charge in [0, 0.05) is 24.7 Å². The lowest BCUT2D eigenvalue weighted by molar-refractivity contribution is 0.102. The first-order valence-corrected chi connectivity index (χ1v) is 10.5. The Morgan fingerprint density at radius 1 is 1.11 bits per heavy atom. The molecule has 1 aromatic heterocycles. The van der Waals surface area contributed by atoms with Gasteiger partial charge in [-0.05, 0) is 43.9 Å². The van der Waals surface area contributed by atoms with Gasteiger partial charge in [0.1, 0.15) is 13.2 Å². The lowest BCUT2D eigenvalue weighted by atomic mass is 10.1. The van der Waals surface area contributed by atoms with E-state index in [-0.39, 0.29) is 5.78 Å². The van der Waals surface area contributed by atoms with E-state index in [2.05, 4.69) is 19.7 Å². The van der Waals surface area contributed by atoms with Crippen molar-refractivity contribution in [3.63, 3.8) is 0 Å². The summed E-state index contributed by atoms with van der Waals surface area (Å²) in [5, 5.41) is 9.69. The maximum absolute atomic E-state index is 12.7. The highest BCUT2D eigenvalue weighted by atomic mass is 32.2. The first kappa shape index (κ1) is 16.9. The molecule has 7 nitrogen and oxygen atoms in total. The Morgan fingerprint density at radius 2 is 1.89 bits per heavy atom. The van der Waals surface area contributed by atoms with Crippen LogP contribution >= 0.6 is 11.8 Å². The third-order valence-electron chi connectivity index (χ3n) is 5.14. The van der Waals surface area contributed by atoms with Crippen molar-refractivity contribution in [1.82, 2.24) is 14.8 Å². The van der Waals surface area contributed by atoms with Crippen LogP contribution in [0.5, 0.6) is 11.5 Å². The van der Waals surface area contributed by atoms with E-state index in [1.807, 2.05) is 6.07 Å². The van der Waals surface area contributed by atoms with Crippen LogP contribution in [-0.2, 0) is 0 Å². The Balaban J connectivity index is 1.30. The van der Waals surface area contributed by atoms with Crippen molar-refractivity contribution in [1.29, 1.82) is 0 Å². The molecule has 2 fully saturated rings. The number of hydrogen-bond acceptors (Lipinski definition) is 7. The number of benzene rings is 1. The van der Waals surface area contributed by atoms with Crippen LogP contribution in [0.1, 0.15) is 42.1 Å². The van der Waals surface area contributed by atoms with Crippen LogP contribution in [0.15, 0.2) is 23.4 Å². The Morgan fingerprint density at radius 3 is 2.67 bits per heavy atom. The second-order valence-corrected chi connectivity index (χ2v) is 8.09. The number of anilines is 1. The monoisotopic (exact) mass is 386 g/mol. The fraction of sp³-hybridized carbons (Fsp3) is 0.526. The Labute approximate surface area is 162 Å². The standard InChI is InChI=1S/C19H22N4O3S/c24-15(13-3-6-16-17(11-13)26-10-9-25-16)12-27-19-21-20-18(22-7-1-2-8-22)23(19)14-4-5-14/h3,6,11,14H,1-2,4-5,7-10,12H2. The predicted molar refractivity (Wildman–Crippen MR) is 102 cm³/mol. The number of carbonyl (C=O) groups excluding carboxylic acids is 1. The number of carbonyl (C=O) groups is 1. The highest BCUT2D eigenvalue weighted by Gasteiger charge is 2.32. The van der Waals surface area contributed by atoms with Gasteiger partial charge in [-0.1, -0.05) is 11.8 Å². The number of hydrogen-bond donors (Lipinski definition) is 0. The van der Waals surface area contributed by atoms with E-state index in [9.17, 15) is 4.79 Å². The van der Waals surface area contributed by atoms with Gasteiger partial charge in [0.15, 0.2) is 22.4 Å². The second kappa shape index (κ2) is 7.07. The normalized spacial score (nSPS) is 18.7. The van der Waals surface area contributed by atoms with Crippen molar-refractivity contribution in [3.8, 4) is 11.5 Å². The van der Waals surface area contributed by atoms with E-state index in [1.165, 1.54) is 37.4 Å². The molecule has 2 aromatic rings. The molecular weight excluding hydrogens is 364 g/mol. The molecule has 2 aliphatic heterocycles. The first-order valence-electron chi connectivity index (χ1n) is 9.55. The summed E-state index contributed by atoms with van der Waals surface area (Å²) in [5.74, 6) is 2.72.